The highest BCUT2D eigenvalue weighted by molar-refractivity contribution is 7.17. The van der Waals surface area contributed by atoms with Gasteiger partial charge in [-0.2, -0.15) is 0 Å². The summed E-state index contributed by atoms with van der Waals surface area (Å²) in [5.41, 5.74) is 2.23. The Bertz CT molecular complexity index is 949. The van der Waals surface area contributed by atoms with E-state index in [1.165, 1.54) is 0 Å². The molecule has 0 saturated carbocycles. The van der Waals surface area contributed by atoms with E-state index in [4.69, 9.17) is 9.97 Å². The summed E-state index contributed by atoms with van der Waals surface area (Å²) in [6.45, 7) is 1.64. The highest BCUT2D eigenvalue weighted by Gasteiger charge is 2.35. The third kappa shape index (κ3) is 3.04. The van der Waals surface area contributed by atoms with Crippen molar-refractivity contribution in [3.8, 4) is 11.1 Å². The number of thiophene rings is 1. The van der Waals surface area contributed by atoms with Crippen LogP contribution >= 0.6 is 11.3 Å². The highest BCUT2D eigenvalue weighted by atomic mass is 32.1. The van der Waals surface area contributed by atoms with E-state index < -0.39 is 5.97 Å². The molecule has 1 aliphatic rings. The second-order valence-electron chi connectivity index (χ2n) is 6.84. The topological polar surface area (TPSA) is 69.6 Å². The van der Waals surface area contributed by atoms with Crippen molar-refractivity contribution in [3.63, 3.8) is 0 Å². The summed E-state index contributed by atoms with van der Waals surface area (Å²) in [6, 6.07) is 10.2. The third-order valence-corrected chi connectivity index (χ3v) is 5.41. The molecule has 3 aromatic rings. The van der Waals surface area contributed by atoms with E-state index in [2.05, 4.69) is 22.4 Å². The largest absolute Gasteiger partial charge is 0.481 e. The maximum absolute atomic E-state index is 11.2. The van der Waals surface area contributed by atoms with E-state index >= 15 is 0 Å². The van der Waals surface area contributed by atoms with Crippen LogP contribution < -0.4 is 4.90 Å². The number of hydrogen-bond donors (Lipinski definition) is 1. The Hall–Kier alpha value is -2.51. The predicted octanol–water partition coefficient (Wildman–Crippen LogP) is 2.94. The van der Waals surface area contributed by atoms with Crippen LogP contribution in [0.3, 0.4) is 0 Å². The van der Waals surface area contributed by atoms with Gasteiger partial charge in [0.25, 0.3) is 0 Å². The molecule has 3 heterocycles. The van der Waals surface area contributed by atoms with Crippen molar-refractivity contribution in [1.29, 1.82) is 0 Å². The minimum atomic E-state index is -0.742. The van der Waals surface area contributed by atoms with Crippen LogP contribution in [0.1, 0.15) is 5.82 Å². The van der Waals surface area contributed by atoms with Crippen LogP contribution in [0.15, 0.2) is 35.7 Å². The lowest BCUT2D eigenvalue weighted by Crippen LogP contribution is -2.51. The first-order valence-corrected chi connectivity index (χ1v) is 9.37. The van der Waals surface area contributed by atoms with Crippen LogP contribution in [-0.2, 0) is 11.3 Å². The average molecular weight is 368 g/mol. The number of hydrogen-bond acceptors (Lipinski definition) is 6. The molecule has 1 N–H and O–H groups in total. The summed E-state index contributed by atoms with van der Waals surface area (Å²) in [7, 11) is 3.97. The van der Waals surface area contributed by atoms with Gasteiger partial charge < -0.3 is 14.9 Å². The molecule has 7 heteroatoms. The zero-order valence-corrected chi connectivity index (χ0v) is 15.5. The number of carboxylic acids is 1. The molecule has 4 rings (SSSR count). The number of carbonyl (C=O) groups is 1. The fraction of sp³-hybridized carbons (Fsp3) is 0.316. The van der Waals surface area contributed by atoms with Gasteiger partial charge in [-0.15, -0.1) is 11.3 Å². The second kappa shape index (κ2) is 6.66. The van der Waals surface area contributed by atoms with Crippen LogP contribution in [-0.4, -0.2) is 53.1 Å². The number of aromatic nitrogens is 2. The minimum Gasteiger partial charge on any atom is -0.481 e. The van der Waals surface area contributed by atoms with E-state index in [-0.39, 0.29) is 5.92 Å². The summed E-state index contributed by atoms with van der Waals surface area (Å²) in [5, 5.41) is 12.4. The Morgan fingerprint density at radius 1 is 1.27 bits per heavy atom. The van der Waals surface area contributed by atoms with Crippen molar-refractivity contribution in [1.82, 2.24) is 14.9 Å². The van der Waals surface area contributed by atoms with Crippen molar-refractivity contribution < 1.29 is 9.90 Å². The van der Waals surface area contributed by atoms with Gasteiger partial charge in [0.1, 0.15) is 16.5 Å². The zero-order valence-electron chi connectivity index (χ0n) is 14.7. The van der Waals surface area contributed by atoms with Crippen molar-refractivity contribution in [2.24, 2.45) is 5.92 Å². The lowest BCUT2D eigenvalue weighted by atomic mass is 9.99. The molecule has 1 aliphatic heterocycles. The van der Waals surface area contributed by atoms with Gasteiger partial charge in [0.05, 0.1) is 17.8 Å². The Kier molecular flexibility index (Phi) is 4.34. The lowest BCUT2D eigenvalue weighted by Gasteiger charge is -2.38. The quantitative estimate of drug-likeness (QED) is 0.747. The number of carboxylic acid groups (broad SMARTS) is 1. The first kappa shape index (κ1) is 16.9. The number of rotatable bonds is 5. The number of nitrogens with zero attached hydrogens (tertiary/aromatic N) is 4. The molecule has 0 atom stereocenters. The van der Waals surface area contributed by atoms with Crippen molar-refractivity contribution in [2.45, 2.75) is 6.54 Å². The maximum Gasteiger partial charge on any atom is 0.310 e. The number of aliphatic carboxylic acids is 1. The maximum atomic E-state index is 11.2. The van der Waals surface area contributed by atoms with Crippen LogP contribution in [0.25, 0.3) is 21.3 Å². The van der Waals surface area contributed by atoms with Gasteiger partial charge in [-0.3, -0.25) is 4.79 Å². The normalized spacial score (nSPS) is 14.8. The van der Waals surface area contributed by atoms with Crippen molar-refractivity contribution in [2.75, 3.05) is 32.1 Å². The molecule has 0 amide bonds. The SMILES string of the molecule is CN(C)Cc1nc(N2CC(C(=O)O)C2)c2c(-c3ccccc3)csc2n1. The molecule has 0 unspecified atom stereocenters. The van der Waals surface area contributed by atoms with Gasteiger partial charge in [0.15, 0.2) is 0 Å². The zero-order chi connectivity index (χ0) is 18.3. The smallest absolute Gasteiger partial charge is 0.310 e. The molecule has 2 aromatic heterocycles. The molecular weight excluding hydrogens is 348 g/mol. The molecule has 1 fully saturated rings. The molecule has 0 bridgehead atoms. The first-order chi connectivity index (χ1) is 12.5. The fourth-order valence-corrected chi connectivity index (χ4v) is 4.15. The van der Waals surface area contributed by atoms with Crippen LogP contribution in [0.4, 0.5) is 5.82 Å². The van der Waals surface area contributed by atoms with Gasteiger partial charge >= 0.3 is 5.97 Å². The number of anilines is 1. The molecule has 1 aromatic carbocycles. The molecule has 134 valence electrons. The van der Waals surface area contributed by atoms with E-state index in [1.54, 1.807) is 11.3 Å². The molecule has 6 nitrogen and oxygen atoms in total. The Balaban J connectivity index is 1.82. The number of fused-ring (bicyclic) bond motifs is 1. The monoisotopic (exact) mass is 368 g/mol. The summed E-state index contributed by atoms with van der Waals surface area (Å²) in [4.78, 5) is 25.8. The summed E-state index contributed by atoms with van der Waals surface area (Å²) >= 11 is 1.61. The standard InChI is InChI=1S/C19H20N4O2S/c1-22(2)10-15-20-17(23-8-13(9-23)19(24)25)16-14(11-26-18(16)21-15)12-6-4-3-5-7-12/h3-7,11,13H,8-10H2,1-2H3,(H,24,25). The minimum absolute atomic E-state index is 0.323. The molecule has 0 spiro atoms. The van der Waals surface area contributed by atoms with Crippen LogP contribution in [0.5, 0.6) is 0 Å². The number of benzene rings is 1. The van der Waals surface area contributed by atoms with Crippen LogP contribution in [0.2, 0.25) is 0 Å². The van der Waals surface area contributed by atoms with Crippen LogP contribution in [0, 0.1) is 5.92 Å². The summed E-state index contributed by atoms with van der Waals surface area (Å²) in [5.74, 6) is 0.548. The Labute approximate surface area is 155 Å². The van der Waals surface area contributed by atoms with Crippen molar-refractivity contribution >= 4 is 33.3 Å². The third-order valence-electron chi connectivity index (χ3n) is 4.53. The van der Waals surface area contributed by atoms with E-state index in [0.717, 1.165) is 33.0 Å². The Morgan fingerprint density at radius 2 is 2.00 bits per heavy atom. The van der Waals surface area contributed by atoms with Gasteiger partial charge in [-0.05, 0) is 19.7 Å². The molecular formula is C19H20N4O2S. The van der Waals surface area contributed by atoms with E-state index in [9.17, 15) is 9.90 Å². The summed E-state index contributed by atoms with van der Waals surface area (Å²) < 4.78 is 0. The molecule has 1 saturated heterocycles. The summed E-state index contributed by atoms with van der Waals surface area (Å²) in [6.07, 6.45) is 0. The van der Waals surface area contributed by atoms with Crippen molar-refractivity contribution in [3.05, 3.63) is 41.5 Å². The fourth-order valence-electron chi connectivity index (χ4n) is 3.19. The second-order valence-corrected chi connectivity index (χ2v) is 7.70. The first-order valence-electron chi connectivity index (χ1n) is 8.49. The highest BCUT2D eigenvalue weighted by Crippen LogP contribution is 2.40. The molecule has 0 radical (unpaired) electrons. The predicted molar refractivity (Wildman–Crippen MR) is 104 cm³/mol. The van der Waals surface area contributed by atoms with Gasteiger partial charge in [-0.25, -0.2) is 9.97 Å². The van der Waals surface area contributed by atoms with Gasteiger partial charge in [0.2, 0.25) is 0 Å². The van der Waals surface area contributed by atoms with Gasteiger partial charge in [0, 0.05) is 24.0 Å². The van der Waals surface area contributed by atoms with E-state index in [1.807, 2.05) is 37.2 Å². The lowest BCUT2D eigenvalue weighted by molar-refractivity contribution is -0.142. The average Bonchev–Trinajstić information content (AvgIpc) is 2.97. The van der Waals surface area contributed by atoms with Gasteiger partial charge in [-0.1, -0.05) is 30.3 Å². The van der Waals surface area contributed by atoms with E-state index in [0.29, 0.717) is 19.6 Å². The molecule has 0 aliphatic carbocycles. The molecule has 26 heavy (non-hydrogen) atoms. The Morgan fingerprint density at radius 3 is 2.65 bits per heavy atom.